The van der Waals surface area contributed by atoms with E-state index in [9.17, 15) is 19.2 Å². The summed E-state index contributed by atoms with van der Waals surface area (Å²) in [6.45, 7) is 8.42. The van der Waals surface area contributed by atoms with E-state index in [0.29, 0.717) is 18.4 Å². The summed E-state index contributed by atoms with van der Waals surface area (Å²) in [5.74, 6) is -0.515. The number of rotatable bonds is 17. The van der Waals surface area contributed by atoms with Crippen molar-refractivity contribution in [1.29, 1.82) is 0 Å². The molecule has 39 heavy (non-hydrogen) atoms. The number of methoxy groups -OCH3 is 1. The number of carbonyl (C=O) groups excluding carboxylic acids is 4. The molecule has 12 nitrogen and oxygen atoms in total. The highest BCUT2D eigenvalue weighted by molar-refractivity contribution is 5.76. The van der Waals surface area contributed by atoms with Crippen molar-refractivity contribution in [3.63, 3.8) is 0 Å². The first-order valence-electron chi connectivity index (χ1n) is 13.1. The molecule has 0 saturated carbocycles. The number of esters is 1. The Morgan fingerprint density at radius 2 is 1.38 bits per heavy atom. The molecule has 12 heteroatoms. The van der Waals surface area contributed by atoms with Gasteiger partial charge in [0, 0.05) is 6.54 Å². The lowest BCUT2D eigenvalue weighted by Gasteiger charge is -2.18. The fraction of sp³-hybridized carbons (Fsp3) is 0.630. The quantitative estimate of drug-likeness (QED) is 0.122. The molecule has 0 bridgehead atoms. The van der Waals surface area contributed by atoms with Crippen LogP contribution in [0, 0.1) is 5.92 Å². The maximum absolute atomic E-state index is 12.4. The van der Waals surface area contributed by atoms with E-state index in [2.05, 4.69) is 5.32 Å². The molecule has 0 aliphatic rings. The average molecular weight is 556 g/mol. The molecule has 0 unspecified atom stereocenters. The van der Waals surface area contributed by atoms with E-state index in [1.54, 1.807) is 6.07 Å². The van der Waals surface area contributed by atoms with Crippen molar-refractivity contribution in [3.05, 3.63) is 23.8 Å². The number of nitrogens with one attached hydrogen (secondary N) is 1. The van der Waals surface area contributed by atoms with Gasteiger partial charge in [-0.2, -0.15) is 0 Å². The molecule has 1 aromatic rings. The lowest BCUT2D eigenvalue weighted by atomic mass is 10.1. The molecule has 0 spiro atoms. The topological polar surface area (TPSA) is 145 Å². The van der Waals surface area contributed by atoms with E-state index >= 15 is 0 Å². The third kappa shape index (κ3) is 14.8. The summed E-state index contributed by atoms with van der Waals surface area (Å²) >= 11 is 0. The van der Waals surface area contributed by atoms with Crippen LogP contribution in [0.1, 0.15) is 58.9 Å². The first-order valence-corrected chi connectivity index (χ1v) is 13.1. The number of hydrogen-bond donors (Lipinski definition) is 1. The summed E-state index contributed by atoms with van der Waals surface area (Å²) in [6, 6.07) is 3.65. The van der Waals surface area contributed by atoms with Gasteiger partial charge in [0.05, 0.1) is 26.9 Å². The lowest BCUT2D eigenvalue weighted by molar-refractivity contribution is -0.143. The predicted molar refractivity (Wildman–Crippen MR) is 140 cm³/mol. The van der Waals surface area contributed by atoms with Crippen LogP contribution >= 0.6 is 0 Å². The van der Waals surface area contributed by atoms with Gasteiger partial charge >= 0.3 is 24.4 Å². The zero-order chi connectivity index (χ0) is 29.0. The van der Waals surface area contributed by atoms with Crippen LogP contribution < -0.4 is 14.8 Å². The van der Waals surface area contributed by atoms with Crippen LogP contribution in [0.25, 0.3) is 0 Å². The second-order valence-corrected chi connectivity index (χ2v) is 8.93. The minimum atomic E-state index is -0.964. The van der Waals surface area contributed by atoms with Gasteiger partial charge in [-0.3, -0.25) is 4.79 Å². The van der Waals surface area contributed by atoms with E-state index in [-0.39, 0.29) is 56.8 Å². The van der Waals surface area contributed by atoms with E-state index in [4.69, 9.17) is 33.2 Å². The standard InChI is InChI=1S/C27H41NO11/c1-6-8-13-34-26(31)38-22-11-10-20(17-23(22)39-27(32)35-14-9-7-2)16-21(24(29)33-5)28-12-15-36-25(30)37-18-19(3)4/h10-11,17,19,21,28H,6-9,12-16,18H2,1-5H3/t21-/m0/s1. The van der Waals surface area contributed by atoms with Gasteiger partial charge in [0.1, 0.15) is 12.6 Å². The normalized spacial score (nSPS) is 11.3. The van der Waals surface area contributed by atoms with Crippen LogP contribution in [0.2, 0.25) is 0 Å². The molecule has 0 saturated heterocycles. The van der Waals surface area contributed by atoms with Crippen LogP contribution in [0.4, 0.5) is 14.4 Å². The fourth-order valence-electron chi connectivity index (χ4n) is 2.94. The Labute approximate surface area is 229 Å². The van der Waals surface area contributed by atoms with Crippen molar-refractivity contribution in [2.24, 2.45) is 5.92 Å². The summed E-state index contributed by atoms with van der Waals surface area (Å²) < 4.78 is 35.4. The van der Waals surface area contributed by atoms with Crippen molar-refractivity contribution in [2.45, 2.75) is 65.8 Å². The van der Waals surface area contributed by atoms with E-state index in [1.807, 2.05) is 27.7 Å². The van der Waals surface area contributed by atoms with Gasteiger partial charge in [0.2, 0.25) is 0 Å². The monoisotopic (exact) mass is 555 g/mol. The Morgan fingerprint density at radius 3 is 1.95 bits per heavy atom. The first kappa shape index (κ1) is 33.5. The van der Waals surface area contributed by atoms with Crippen LogP contribution in [0.5, 0.6) is 11.5 Å². The average Bonchev–Trinajstić information content (AvgIpc) is 2.90. The summed E-state index contributed by atoms with van der Waals surface area (Å²) in [4.78, 5) is 48.2. The van der Waals surface area contributed by atoms with Gasteiger partial charge in [-0.1, -0.05) is 46.6 Å². The van der Waals surface area contributed by atoms with E-state index in [1.165, 1.54) is 19.2 Å². The third-order valence-electron chi connectivity index (χ3n) is 5.00. The Balaban J connectivity index is 2.91. The molecule has 0 aromatic heterocycles. The van der Waals surface area contributed by atoms with E-state index in [0.717, 1.165) is 12.8 Å². The molecular weight excluding hydrogens is 514 g/mol. The maximum Gasteiger partial charge on any atom is 0.513 e. The molecule has 0 heterocycles. The molecule has 1 rings (SSSR count). The van der Waals surface area contributed by atoms with Gasteiger partial charge in [0.15, 0.2) is 11.5 Å². The second kappa shape index (κ2) is 19.5. The van der Waals surface area contributed by atoms with Gasteiger partial charge in [-0.15, -0.1) is 0 Å². The van der Waals surface area contributed by atoms with Gasteiger partial charge in [-0.25, -0.2) is 14.4 Å². The molecule has 1 atom stereocenters. The first-order chi connectivity index (χ1) is 18.7. The molecule has 1 aromatic carbocycles. The Bertz CT molecular complexity index is 904. The summed E-state index contributed by atoms with van der Waals surface area (Å²) in [6.07, 6.45) is 0.414. The number of unbranched alkanes of at least 4 members (excludes halogenated alkanes) is 2. The van der Waals surface area contributed by atoms with Crippen molar-refractivity contribution in [2.75, 3.05) is 40.1 Å². The summed E-state index contributed by atoms with van der Waals surface area (Å²) in [7, 11) is 1.25. The van der Waals surface area contributed by atoms with Gasteiger partial charge in [0.25, 0.3) is 0 Å². The fourth-order valence-corrected chi connectivity index (χ4v) is 2.94. The SMILES string of the molecule is CCCCOC(=O)Oc1ccc(C[C@H](NCCOC(=O)OCC(C)C)C(=O)OC)cc1OC(=O)OCCCC. The Kier molecular flexibility index (Phi) is 16.8. The highest BCUT2D eigenvalue weighted by atomic mass is 16.7. The van der Waals surface area contributed by atoms with Crippen molar-refractivity contribution in [1.82, 2.24) is 5.32 Å². The van der Waals surface area contributed by atoms with Crippen LogP contribution in [-0.2, 0) is 34.9 Å². The molecule has 0 aliphatic heterocycles. The molecule has 0 fully saturated rings. The lowest BCUT2D eigenvalue weighted by Crippen LogP contribution is -2.41. The molecule has 0 radical (unpaired) electrons. The maximum atomic E-state index is 12.4. The zero-order valence-electron chi connectivity index (χ0n) is 23.4. The highest BCUT2D eigenvalue weighted by Crippen LogP contribution is 2.30. The smallest absolute Gasteiger partial charge is 0.468 e. The minimum Gasteiger partial charge on any atom is -0.468 e. The number of ether oxygens (including phenoxy) is 7. The Hall–Kier alpha value is -3.54. The molecule has 0 aliphatic carbocycles. The predicted octanol–water partition coefficient (Wildman–Crippen LogP) is 4.80. The third-order valence-corrected chi connectivity index (χ3v) is 5.00. The largest absolute Gasteiger partial charge is 0.513 e. The van der Waals surface area contributed by atoms with Crippen LogP contribution in [0.3, 0.4) is 0 Å². The number of carbonyl (C=O) groups is 4. The second-order valence-electron chi connectivity index (χ2n) is 8.93. The minimum absolute atomic E-state index is 0.0324. The molecule has 220 valence electrons. The van der Waals surface area contributed by atoms with Gasteiger partial charge in [-0.05, 0) is 42.9 Å². The molecule has 1 N–H and O–H groups in total. The molecule has 0 amide bonds. The highest BCUT2D eigenvalue weighted by Gasteiger charge is 2.22. The van der Waals surface area contributed by atoms with Crippen LogP contribution in [0.15, 0.2) is 18.2 Å². The summed E-state index contributed by atoms with van der Waals surface area (Å²) in [5.41, 5.74) is 0.554. The van der Waals surface area contributed by atoms with Gasteiger partial charge < -0.3 is 38.5 Å². The zero-order valence-corrected chi connectivity index (χ0v) is 23.4. The van der Waals surface area contributed by atoms with Crippen molar-refractivity contribution in [3.8, 4) is 11.5 Å². The van der Waals surface area contributed by atoms with E-state index < -0.39 is 30.5 Å². The number of hydrogen-bond acceptors (Lipinski definition) is 12. The molecular formula is C27H41NO11. The summed E-state index contributed by atoms with van der Waals surface area (Å²) in [5, 5.41) is 2.96. The van der Waals surface area contributed by atoms with Crippen LogP contribution in [-0.4, -0.2) is 70.6 Å². The Morgan fingerprint density at radius 1 is 0.795 bits per heavy atom. The van der Waals surface area contributed by atoms with Crippen molar-refractivity contribution < 1.29 is 52.3 Å². The number of benzene rings is 1. The van der Waals surface area contributed by atoms with Crippen molar-refractivity contribution >= 4 is 24.4 Å².